The summed E-state index contributed by atoms with van der Waals surface area (Å²) in [6.07, 6.45) is 0.891. The zero-order valence-electron chi connectivity index (χ0n) is 10.2. The molecule has 0 aliphatic carbocycles. The van der Waals surface area contributed by atoms with Crippen LogP contribution in [0.2, 0.25) is 0 Å². The van der Waals surface area contributed by atoms with Crippen molar-refractivity contribution in [3.63, 3.8) is 0 Å². The molecule has 3 rings (SSSR count). The van der Waals surface area contributed by atoms with Crippen molar-refractivity contribution < 1.29 is 0 Å². The molecule has 0 unspecified atom stereocenters. The highest BCUT2D eigenvalue weighted by atomic mass is 79.9. The number of hydrogen-bond acceptors (Lipinski definition) is 2. The minimum absolute atomic E-state index is 0.891. The van der Waals surface area contributed by atoms with E-state index >= 15 is 0 Å². The van der Waals surface area contributed by atoms with Gasteiger partial charge in [0.15, 0.2) is 0 Å². The number of rotatable bonds is 3. The van der Waals surface area contributed by atoms with Crippen LogP contribution in [0.3, 0.4) is 0 Å². The van der Waals surface area contributed by atoms with Crippen molar-refractivity contribution in [1.29, 1.82) is 0 Å². The van der Waals surface area contributed by atoms with Gasteiger partial charge in [0.05, 0.1) is 5.69 Å². The first-order chi connectivity index (χ1) is 9.33. The molecule has 0 amide bonds. The van der Waals surface area contributed by atoms with Crippen LogP contribution in [0.15, 0.2) is 64.5 Å². The van der Waals surface area contributed by atoms with E-state index in [1.165, 1.54) is 5.56 Å². The van der Waals surface area contributed by atoms with E-state index in [-0.39, 0.29) is 0 Å². The minimum atomic E-state index is 0.891. The second kappa shape index (κ2) is 5.68. The maximum absolute atomic E-state index is 4.73. The normalized spacial score (nSPS) is 10.6. The second-order valence-electron chi connectivity index (χ2n) is 4.29. The zero-order chi connectivity index (χ0) is 13.1. The molecule has 1 nitrogen and oxygen atoms in total. The molecule has 94 valence electrons. The molecule has 1 heterocycles. The third-order valence-electron chi connectivity index (χ3n) is 2.88. The predicted octanol–water partition coefficient (Wildman–Crippen LogP) is 5.16. The van der Waals surface area contributed by atoms with E-state index in [0.29, 0.717) is 0 Å². The highest BCUT2D eigenvalue weighted by Crippen LogP contribution is 2.30. The third kappa shape index (κ3) is 2.94. The lowest BCUT2D eigenvalue weighted by molar-refractivity contribution is 1.11. The fourth-order valence-corrected chi connectivity index (χ4v) is 3.41. The van der Waals surface area contributed by atoms with Gasteiger partial charge in [-0.05, 0) is 11.6 Å². The molecule has 3 heteroatoms. The number of nitrogens with zero attached hydrogens (tertiary/aromatic N) is 1. The molecule has 1 aromatic heterocycles. The van der Waals surface area contributed by atoms with Crippen molar-refractivity contribution in [2.45, 2.75) is 6.42 Å². The Labute approximate surface area is 125 Å². The maximum Gasteiger partial charge on any atom is 0.124 e. The van der Waals surface area contributed by atoms with E-state index in [1.807, 2.05) is 24.3 Å². The fourth-order valence-electron chi connectivity index (χ4n) is 1.95. The second-order valence-corrected chi connectivity index (χ2v) is 6.00. The van der Waals surface area contributed by atoms with E-state index in [1.54, 1.807) is 11.3 Å². The van der Waals surface area contributed by atoms with Crippen LogP contribution in [-0.4, -0.2) is 4.98 Å². The van der Waals surface area contributed by atoms with Crippen LogP contribution in [-0.2, 0) is 6.42 Å². The number of halogens is 1. The maximum atomic E-state index is 4.73. The van der Waals surface area contributed by atoms with Crippen LogP contribution in [0.4, 0.5) is 0 Å². The Morgan fingerprint density at radius 2 is 1.68 bits per heavy atom. The average Bonchev–Trinajstić information content (AvgIpc) is 2.89. The van der Waals surface area contributed by atoms with Gasteiger partial charge in [-0.3, -0.25) is 0 Å². The smallest absolute Gasteiger partial charge is 0.124 e. The summed E-state index contributed by atoms with van der Waals surface area (Å²) in [5.74, 6) is 0. The lowest BCUT2D eigenvalue weighted by atomic mass is 10.1. The Balaban J connectivity index is 1.86. The first kappa shape index (κ1) is 12.6. The lowest BCUT2D eigenvalue weighted by Gasteiger charge is -1.99. The molecule has 0 aliphatic rings. The Bertz CT molecular complexity index is 676. The molecule has 0 spiro atoms. The van der Waals surface area contributed by atoms with Crippen molar-refractivity contribution in [3.05, 3.63) is 75.7 Å². The molecule has 3 aromatic rings. The topological polar surface area (TPSA) is 12.9 Å². The van der Waals surface area contributed by atoms with Crippen LogP contribution >= 0.6 is 27.3 Å². The van der Waals surface area contributed by atoms with Crippen molar-refractivity contribution in [1.82, 2.24) is 4.98 Å². The quantitative estimate of drug-likeness (QED) is 0.646. The minimum Gasteiger partial charge on any atom is -0.241 e. The van der Waals surface area contributed by atoms with Gasteiger partial charge in [-0.1, -0.05) is 64.5 Å². The molecule has 19 heavy (non-hydrogen) atoms. The van der Waals surface area contributed by atoms with Gasteiger partial charge in [0.1, 0.15) is 5.01 Å². The average molecular weight is 330 g/mol. The standard InChI is InChI=1S/C16H12BrNS/c17-15-9-5-4-8-14(15)16-18-13(11-19-16)10-12-6-2-1-3-7-12/h1-9,11H,10H2. The Hall–Kier alpha value is -1.45. The van der Waals surface area contributed by atoms with Crippen LogP contribution < -0.4 is 0 Å². The summed E-state index contributed by atoms with van der Waals surface area (Å²) in [5, 5.41) is 3.21. The molecule has 0 saturated heterocycles. The van der Waals surface area contributed by atoms with Gasteiger partial charge in [0.2, 0.25) is 0 Å². The molecule has 0 fully saturated rings. The summed E-state index contributed by atoms with van der Waals surface area (Å²) in [6.45, 7) is 0. The van der Waals surface area contributed by atoms with Crippen LogP contribution in [0.5, 0.6) is 0 Å². The largest absolute Gasteiger partial charge is 0.241 e. The molecular weight excluding hydrogens is 318 g/mol. The van der Waals surface area contributed by atoms with E-state index in [2.05, 4.69) is 51.6 Å². The van der Waals surface area contributed by atoms with E-state index < -0.39 is 0 Å². The van der Waals surface area contributed by atoms with Crippen molar-refractivity contribution in [3.8, 4) is 10.6 Å². The fraction of sp³-hybridized carbons (Fsp3) is 0.0625. The number of thiazole rings is 1. The SMILES string of the molecule is Brc1ccccc1-c1nc(Cc2ccccc2)cs1. The molecule has 0 aliphatic heterocycles. The molecule has 0 saturated carbocycles. The van der Waals surface area contributed by atoms with Crippen molar-refractivity contribution in [2.75, 3.05) is 0 Å². The summed E-state index contributed by atoms with van der Waals surface area (Å²) < 4.78 is 1.09. The highest BCUT2D eigenvalue weighted by molar-refractivity contribution is 9.10. The summed E-state index contributed by atoms with van der Waals surface area (Å²) >= 11 is 5.27. The summed E-state index contributed by atoms with van der Waals surface area (Å²) in [4.78, 5) is 4.73. The van der Waals surface area contributed by atoms with E-state index in [0.717, 1.165) is 27.2 Å². The molecular formula is C16H12BrNS. The number of aromatic nitrogens is 1. The van der Waals surface area contributed by atoms with Crippen LogP contribution in [0, 0.1) is 0 Å². The van der Waals surface area contributed by atoms with Gasteiger partial charge >= 0.3 is 0 Å². The van der Waals surface area contributed by atoms with Crippen LogP contribution in [0.25, 0.3) is 10.6 Å². The van der Waals surface area contributed by atoms with Gasteiger partial charge in [-0.2, -0.15) is 0 Å². The van der Waals surface area contributed by atoms with E-state index in [9.17, 15) is 0 Å². The Morgan fingerprint density at radius 3 is 2.47 bits per heavy atom. The summed E-state index contributed by atoms with van der Waals surface area (Å²) in [6, 6.07) is 18.6. The molecule has 0 N–H and O–H groups in total. The van der Waals surface area contributed by atoms with Gasteiger partial charge in [0.25, 0.3) is 0 Å². The third-order valence-corrected chi connectivity index (χ3v) is 4.50. The predicted molar refractivity (Wildman–Crippen MR) is 84.5 cm³/mol. The number of benzene rings is 2. The number of hydrogen-bond donors (Lipinski definition) is 0. The first-order valence-electron chi connectivity index (χ1n) is 6.06. The molecule has 0 atom stereocenters. The monoisotopic (exact) mass is 329 g/mol. The van der Waals surface area contributed by atoms with Crippen LogP contribution in [0.1, 0.15) is 11.3 Å². The van der Waals surface area contributed by atoms with Gasteiger partial charge in [-0.15, -0.1) is 11.3 Å². The summed E-state index contributed by atoms with van der Waals surface area (Å²) in [5.41, 5.74) is 3.58. The Kier molecular flexibility index (Phi) is 3.76. The zero-order valence-corrected chi connectivity index (χ0v) is 12.6. The first-order valence-corrected chi connectivity index (χ1v) is 7.73. The van der Waals surface area contributed by atoms with Gasteiger partial charge in [-0.25, -0.2) is 4.98 Å². The summed E-state index contributed by atoms with van der Waals surface area (Å²) in [7, 11) is 0. The van der Waals surface area contributed by atoms with Crippen molar-refractivity contribution in [2.24, 2.45) is 0 Å². The lowest BCUT2D eigenvalue weighted by Crippen LogP contribution is -1.88. The van der Waals surface area contributed by atoms with Crippen molar-refractivity contribution >= 4 is 27.3 Å². The molecule has 2 aromatic carbocycles. The molecule has 0 radical (unpaired) electrons. The highest BCUT2D eigenvalue weighted by Gasteiger charge is 2.07. The van der Waals surface area contributed by atoms with Gasteiger partial charge in [0, 0.05) is 21.8 Å². The Morgan fingerprint density at radius 1 is 0.947 bits per heavy atom. The van der Waals surface area contributed by atoms with Gasteiger partial charge < -0.3 is 0 Å². The molecule has 0 bridgehead atoms. The van der Waals surface area contributed by atoms with E-state index in [4.69, 9.17) is 4.98 Å².